The van der Waals surface area contributed by atoms with Gasteiger partial charge in [0.25, 0.3) is 11.7 Å². The molecule has 1 aliphatic heterocycles. The van der Waals surface area contributed by atoms with Gasteiger partial charge in [0, 0.05) is 23.6 Å². The van der Waals surface area contributed by atoms with Crippen molar-refractivity contribution in [3.05, 3.63) is 89.8 Å². The number of benzene rings is 2. The van der Waals surface area contributed by atoms with E-state index in [0.717, 1.165) is 17.0 Å². The summed E-state index contributed by atoms with van der Waals surface area (Å²) in [7, 11) is 0. The lowest BCUT2D eigenvalue weighted by atomic mass is 9.96. The molecule has 2 aromatic carbocycles. The summed E-state index contributed by atoms with van der Waals surface area (Å²) < 4.78 is 47.3. The Morgan fingerprint density at radius 1 is 1.05 bits per heavy atom. The number of carbonyl (C=O) groups is 2. The number of Topliss-reactive ketones (excluding diaryl/α,β-unsaturated/α-hetero) is 1. The van der Waals surface area contributed by atoms with Crippen LogP contribution in [0.15, 0.2) is 78.6 Å². The van der Waals surface area contributed by atoms with Gasteiger partial charge in [0.2, 0.25) is 0 Å². The van der Waals surface area contributed by atoms with Crippen LogP contribution in [0.25, 0.3) is 5.76 Å². The highest BCUT2D eigenvalue weighted by Gasteiger charge is 2.47. The number of nitrogens with zero attached hydrogens (tertiary/aromatic N) is 2. The SMILES string of the molecule is CC(C)COc1cccc(/C(O)=C2/C(=O)C(=O)N(c3ccc(OC(F)(F)F)cc3)C2c2cccnc2)c1. The van der Waals surface area contributed by atoms with Gasteiger partial charge in [-0.1, -0.05) is 32.0 Å². The summed E-state index contributed by atoms with van der Waals surface area (Å²) in [5.41, 5.74) is 0.640. The van der Waals surface area contributed by atoms with Crippen molar-refractivity contribution in [2.75, 3.05) is 11.5 Å². The molecular weight excluding hydrogens is 489 g/mol. The second kappa shape index (κ2) is 10.3. The molecule has 0 aliphatic carbocycles. The van der Waals surface area contributed by atoms with Crippen molar-refractivity contribution >= 4 is 23.1 Å². The Morgan fingerprint density at radius 2 is 1.78 bits per heavy atom. The normalized spacial score (nSPS) is 17.4. The molecule has 10 heteroatoms. The first kappa shape index (κ1) is 25.7. The van der Waals surface area contributed by atoms with Crippen LogP contribution in [0.2, 0.25) is 0 Å². The first-order valence-electron chi connectivity index (χ1n) is 11.3. The van der Waals surface area contributed by atoms with Gasteiger partial charge in [-0.15, -0.1) is 13.2 Å². The summed E-state index contributed by atoms with van der Waals surface area (Å²) >= 11 is 0. The lowest BCUT2D eigenvalue weighted by Crippen LogP contribution is -2.29. The van der Waals surface area contributed by atoms with E-state index in [1.54, 1.807) is 36.4 Å². The highest BCUT2D eigenvalue weighted by atomic mass is 19.4. The Bertz CT molecular complexity index is 1320. The number of aromatic nitrogens is 1. The molecule has 1 aromatic heterocycles. The van der Waals surface area contributed by atoms with Crippen molar-refractivity contribution in [3.63, 3.8) is 0 Å². The zero-order chi connectivity index (χ0) is 26.7. The number of aliphatic hydroxyl groups excluding tert-OH is 1. The number of alkyl halides is 3. The minimum Gasteiger partial charge on any atom is -0.507 e. The molecule has 1 aliphatic rings. The molecular formula is C27H23F3N2O5. The van der Waals surface area contributed by atoms with E-state index in [1.807, 2.05) is 13.8 Å². The molecule has 1 unspecified atom stereocenters. The van der Waals surface area contributed by atoms with Gasteiger partial charge in [-0.3, -0.25) is 19.5 Å². The summed E-state index contributed by atoms with van der Waals surface area (Å²) in [4.78, 5) is 31.6. The summed E-state index contributed by atoms with van der Waals surface area (Å²) in [6, 6.07) is 13.2. The Balaban J connectivity index is 1.79. The van der Waals surface area contributed by atoms with Crippen LogP contribution >= 0.6 is 0 Å². The highest BCUT2D eigenvalue weighted by molar-refractivity contribution is 6.51. The predicted octanol–water partition coefficient (Wildman–Crippen LogP) is 5.64. The van der Waals surface area contributed by atoms with Crippen LogP contribution in [0.4, 0.5) is 18.9 Å². The van der Waals surface area contributed by atoms with Crippen LogP contribution in [-0.4, -0.2) is 34.8 Å². The predicted molar refractivity (Wildman–Crippen MR) is 129 cm³/mol. The Hall–Kier alpha value is -4.34. The van der Waals surface area contributed by atoms with Gasteiger partial charge in [-0.2, -0.15) is 0 Å². The van der Waals surface area contributed by atoms with Crippen LogP contribution in [-0.2, 0) is 9.59 Å². The number of ketones is 1. The maximum Gasteiger partial charge on any atom is 0.573 e. The summed E-state index contributed by atoms with van der Waals surface area (Å²) in [5, 5.41) is 11.2. The number of aliphatic hydroxyl groups is 1. The number of anilines is 1. The molecule has 1 N–H and O–H groups in total. The minimum atomic E-state index is -4.88. The number of amides is 1. The van der Waals surface area contributed by atoms with E-state index in [2.05, 4.69) is 9.72 Å². The molecule has 7 nitrogen and oxygen atoms in total. The van der Waals surface area contributed by atoms with Gasteiger partial charge in [0.05, 0.1) is 18.2 Å². The van der Waals surface area contributed by atoms with Crippen LogP contribution in [0.5, 0.6) is 11.5 Å². The average Bonchev–Trinajstić information content (AvgIpc) is 3.13. The topological polar surface area (TPSA) is 89.0 Å². The van der Waals surface area contributed by atoms with Gasteiger partial charge in [0.15, 0.2) is 0 Å². The number of rotatable bonds is 7. The number of hydrogen-bond donors (Lipinski definition) is 1. The molecule has 3 aromatic rings. The van der Waals surface area contributed by atoms with E-state index >= 15 is 0 Å². The second-order valence-electron chi connectivity index (χ2n) is 8.73. The Labute approximate surface area is 210 Å². The highest BCUT2D eigenvalue weighted by Crippen LogP contribution is 2.42. The molecule has 37 heavy (non-hydrogen) atoms. The van der Waals surface area contributed by atoms with Crippen molar-refractivity contribution < 1.29 is 37.3 Å². The number of ether oxygens (including phenoxy) is 2. The molecule has 1 saturated heterocycles. The van der Waals surface area contributed by atoms with Crippen LogP contribution < -0.4 is 14.4 Å². The zero-order valence-corrected chi connectivity index (χ0v) is 19.9. The van der Waals surface area contributed by atoms with E-state index in [-0.39, 0.29) is 22.7 Å². The number of carbonyl (C=O) groups excluding carboxylic acids is 2. The molecule has 1 atom stereocenters. The fourth-order valence-electron chi connectivity index (χ4n) is 3.91. The number of hydrogen-bond acceptors (Lipinski definition) is 6. The fraction of sp³-hybridized carbons (Fsp3) is 0.222. The van der Waals surface area contributed by atoms with Gasteiger partial charge in [-0.25, -0.2) is 0 Å². The van der Waals surface area contributed by atoms with Crippen molar-refractivity contribution in [1.82, 2.24) is 4.98 Å². The molecule has 0 radical (unpaired) electrons. The number of pyridine rings is 1. The van der Waals surface area contributed by atoms with Gasteiger partial charge in [0.1, 0.15) is 17.3 Å². The van der Waals surface area contributed by atoms with Crippen LogP contribution in [0.3, 0.4) is 0 Å². The summed E-state index contributed by atoms with van der Waals surface area (Å²) in [6.07, 6.45) is -1.93. The van der Waals surface area contributed by atoms with Crippen molar-refractivity contribution in [2.45, 2.75) is 26.3 Å². The van der Waals surface area contributed by atoms with Gasteiger partial charge >= 0.3 is 6.36 Å². The van der Waals surface area contributed by atoms with Crippen LogP contribution in [0.1, 0.15) is 31.0 Å². The third-order valence-electron chi connectivity index (χ3n) is 5.48. The zero-order valence-electron chi connectivity index (χ0n) is 19.9. The smallest absolute Gasteiger partial charge is 0.507 e. The largest absolute Gasteiger partial charge is 0.573 e. The van der Waals surface area contributed by atoms with E-state index < -0.39 is 35.6 Å². The molecule has 0 spiro atoms. The van der Waals surface area contributed by atoms with E-state index in [9.17, 15) is 27.9 Å². The standard InChI is InChI=1S/C27H23F3N2O5/c1-16(2)15-36-21-7-3-5-17(13-21)24(33)22-23(18-6-4-12-31-14-18)32(26(35)25(22)34)19-8-10-20(11-9-19)37-27(28,29)30/h3-14,16,23,33H,15H2,1-2H3/b24-22-. The van der Waals surface area contributed by atoms with Gasteiger partial charge in [-0.05, 0) is 53.9 Å². The third-order valence-corrected chi connectivity index (χ3v) is 5.48. The lowest BCUT2D eigenvalue weighted by Gasteiger charge is -2.25. The Kier molecular flexibility index (Phi) is 7.19. The molecule has 4 rings (SSSR count). The first-order valence-corrected chi connectivity index (χ1v) is 11.3. The fourth-order valence-corrected chi connectivity index (χ4v) is 3.91. The minimum absolute atomic E-state index is 0.138. The molecule has 1 fully saturated rings. The van der Waals surface area contributed by atoms with Crippen LogP contribution in [0, 0.1) is 5.92 Å². The summed E-state index contributed by atoms with van der Waals surface area (Å²) in [5.74, 6) is -2.06. The van der Waals surface area contributed by atoms with Gasteiger partial charge < -0.3 is 14.6 Å². The molecule has 0 saturated carbocycles. The lowest BCUT2D eigenvalue weighted by molar-refractivity contribution is -0.274. The maximum atomic E-state index is 13.2. The molecule has 192 valence electrons. The molecule has 2 heterocycles. The van der Waals surface area contributed by atoms with E-state index in [1.165, 1.54) is 24.5 Å². The quantitative estimate of drug-likeness (QED) is 0.250. The molecule has 1 amide bonds. The maximum absolute atomic E-state index is 13.2. The van der Waals surface area contributed by atoms with E-state index in [0.29, 0.717) is 17.9 Å². The third kappa shape index (κ3) is 5.74. The van der Waals surface area contributed by atoms with Crippen molar-refractivity contribution in [2.24, 2.45) is 5.92 Å². The molecule has 0 bridgehead atoms. The summed E-state index contributed by atoms with van der Waals surface area (Å²) in [6.45, 7) is 4.42. The first-order chi connectivity index (χ1) is 17.5. The van der Waals surface area contributed by atoms with E-state index in [4.69, 9.17) is 4.74 Å². The monoisotopic (exact) mass is 512 g/mol. The Morgan fingerprint density at radius 3 is 2.41 bits per heavy atom. The van der Waals surface area contributed by atoms with Crippen molar-refractivity contribution in [3.8, 4) is 11.5 Å². The second-order valence-corrected chi connectivity index (χ2v) is 8.73. The van der Waals surface area contributed by atoms with Crippen molar-refractivity contribution in [1.29, 1.82) is 0 Å². The number of halogens is 3. The average molecular weight is 512 g/mol.